The van der Waals surface area contributed by atoms with Crippen LogP contribution in [0.5, 0.6) is 0 Å². The van der Waals surface area contributed by atoms with Crippen LogP contribution in [0, 0.1) is 12.8 Å². The molecule has 1 radical (unpaired) electrons. The van der Waals surface area contributed by atoms with Crippen molar-refractivity contribution in [2.45, 2.75) is 13.8 Å². The van der Waals surface area contributed by atoms with Gasteiger partial charge >= 0.3 is 6.03 Å². The van der Waals surface area contributed by atoms with E-state index in [9.17, 15) is 4.79 Å². The van der Waals surface area contributed by atoms with Crippen molar-refractivity contribution in [3.8, 4) is 0 Å². The van der Waals surface area contributed by atoms with E-state index in [2.05, 4.69) is 26.1 Å². The molecule has 2 amide bonds. The van der Waals surface area contributed by atoms with E-state index in [1.54, 1.807) is 4.90 Å². The Bertz CT molecular complexity index is 322. The molecule has 0 heterocycles. The summed E-state index contributed by atoms with van der Waals surface area (Å²) >= 11 is 0. The highest BCUT2D eigenvalue weighted by molar-refractivity contribution is 5.89. The van der Waals surface area contributed by atoms with Gasteiger partial charge in [-0.3, -0.25) is 0 Å². The molecule has 1 rings (SSSR count). The number of amides is 2. The molecule has 3 nitrogen and oxygen atoms in total. The van der Waals surface area contributed by atoms with Gasteiger partial charge in [-0.1, -0.05) is 32.0 Å². The Balaban J connectivity index is 2.56. The first-order valence-corrected chi connectivity index (χ1v) is 5.53. The number of nitrogens with zero attached hydrogens (tertiary/aromatic N) is 1. The van der Waals surface area contributed by atoms with Crippen molar-refractivity contribution < 1.29 is 4.79 Å². The molecule has 16 heavy (non-hydrogen) atoms. The number of anilines is 1. The van der Waals surface area contributed by atoms with Crippen molar-refractivity contribution in [2.75, 3.05) is 18.4 Å². The zero-order valence-corrected chi connectivity index (χ0v) is 9.94. The first-order valence-electron chi connectivity index (χ1n) is 5.53. The average Bonchev–Trinajstić information content (AvgIpc) is 2.26. The number of rotatable bonds is 4. The summed E-state index contributed by atoms with van der Waals surface area (Å²) in [4.78, 5) is 13.6. The molecule has 0 unspecified atom stereocenters. The quantitative estimate of drug-likeness (QED) is 0.829. The van der Waals surface area contributed by atoms with Crippen molar-refractivity contribution in [1.82, 2.24) is 4.90 Å². The molecule has 0 spiro atoms. The fraction of sp³-hybridized carbons (Fsp3) is 0.385. The van der Waals surface area contributed by atoms with Crippen molar-refractivity contribution in [3.63, 3.8) is 0 Å². The van der Waals surface area contributed by atoms with Gasteiger partial charge in [0, 0.05) is 18.8 Å². The lowest BCUT2D eigenvalue weighted by Crippen LogP contribution is -2.37. The van der Waals surface area contributed by atoms with Gasteiger partial charge in [-0.25, -0.2) is 4.79 Å². The smallest absolute Gasteiger partial charge is 0.321 e. The monoisotopic (exact) mass is 219 g/mol. The lowest BCUT2D eigenvalue weighted by atomic mass is 10.2. The van der Waals surface area contributed by atoms with Crippen LogP contribution < -0.4 is 5.32 Å². The number of carbonyl (C=O) groups excluding carboxylic acids is 1. The molecular formula is C13H19N2O. The second-order valence-electron chi connectivity index (χ2n) is 4.14. The summed E-state index contributed by atoms with van der Waals surface area (Å²) in [6, 6.07) is 9.36. The summed E-state index contributed by atoms with van der Waals surface area (Å²) in [7, 11) is 0. The van der Waals surface area contributed by atoms with Crippen LogP contribution in [-0.2, 0) is 0 Å². The molecule has 0 atom stereocenters. The summed E-state index contributed by atoms with van der Waals surface area (Å²) < 4.78 is 0. The number of nitrogens with one attached hydrogen (secondary N) is 1. The minimum absolute atomic E-state index is 0.0881. The van der Waals surface area contributed by atoms with Gasteiger partial charge in [0.05, 0.1) is 0 Å². The Morgan fingerprint density at radius 3 is 2.50 bits per heavy atom. The van der Waals surface area contributed by atoms with Gasteiger partial charge in [0.15, 0.2) is 0 Å². The zero-order valence-electron chi connectivity index (χ0n) is 9.94. The van der Waals surface area contributed by atoms with Gasteiger partial charge in [0.2, 0.25) is 0 Å². The first kappa shape index (κ1) is 12.6. The summed E-state index contributed by atoms with van der Waals surface area (Å²) in [5.41, 5.74) is 0.815. The average molecular weight is 219 g/mol. The van der Waals surface area contributed by atoms with E-state index in [0.717, 1.165) is 12.2 Å². The third-order valence-electron chi connectivity index (χ3n) is 2.17. The van der Waals surface area contributed by atoms with Crippen molar-refractivity contribution in [1.29, 1.82) is 0 Å². The second kappa shape index (κ2) is 6.16. The van der Waals surface area contributed by atoms with Gasteiger partial charge in [0.1, 0.15) is 0 Å². The van der Waals surface area contributed by atoms with Gasteiger partial charge in [-0.2, -0.15) is 0 Å². The van der Waals surface area contributed by atoms with Crippen molar-refractivity contribution >= 4 is 11.7 Å². The third-order valence-corrected chi connectivity index (χ3v) is 2.17. The molecule has 0 aromatic heterocycles. The number of para-hydroxylation sites is 1. The summed E-state index contributed by atoms with van der Waals surface area (Å²) in [5, 5.41) is 2.85. The maximum atomic E-state index is 11.9. The zero-order chi connectivity index (χ0) is 12.0. The second-order valence-corrected chi connectivity index (χ2v) is 4.14. The van der Waals surface area contributed by atoms with Crippen LogP contribution in [-0.4, -0.2) is 24.0 Å². The van der Waals surface area contributed by atoms with Crippen LogP contribution in [0.3, 0.4) is 0 Å². The minimum Gasteiger partial charge on any atom is -0.324 e. The van der Waals surface area contributed by atoms with E-state index in [1.165, 1.54) is 0 Å². The maximum Gasteiger partial charge on any atom is 0.321 e. The minimum atomic E-state index is -0.0881. The molecule has 0 aliphatic carbocycles. The highest BCUT2D eigenvalue weighted by atomic mass is 16.2. The molecule has 0 aliphatic rings. The predicted molar refractivity (Wildman–Crippen MR) is 67.2 cm³/mol. The molecule has 0 saturated carbocycles. The highest BCUT2D eigenvalue weighted by Gasteiger charge is 2.12. The number of hydrogen-bond donors (Lipinski definition) is 1. The van der Waals surface area contributed by atoms with Crippen molar-refractivity contribution in [2.24, 2.45) is 5.92 Å². The molecule has 0 aliphatic heterocycles. The van der Waals surface area contributed by atoms with Crippen LogP contribution in [0.2, 0.25) is 0 Å². The first-order chi connectivity index (χ1) is 7.63. The molecule has 1 aromatic rings. The van der Waals surface area contributed by atoms with E-state index >= 15 is 0 Å². The molecule has 0 saturated heterocycles. The lowest BCUT2D eigenvalue weighted by Gasteiger charge is -2.23. The largest absolute Gasteiger partial charge is 0.324 e. The third kappa shape index (κ3) is 3.93. The van der Waals surface area contributed by atoms with Gasteiger partial charge in [0.25, 0.3) is 0 Å². The molecule has 0 fully saturated rings. The number of carbonyl (C=O) groups is 1. The molecule has 1 N–H and O–H groups in total. The standard InChI is InChI=1S/C13H19N2O/c1-4-15(10-11(2)3)13(16)14-12-8-6-5-7-9-12/h5-9,11H,1,4,10H2,2-3H3,(H,14,16). The Hall–Kier alpha value is -1.51. The summed E-state index contributed by atoms with van der Waals surface area (Å²) in [6.07, 6.45) is 0. The van der Waals surface area contributed by atoms with E-state index < -0.39 is 0 Å². The van der Waals surface area contributed by atoms with Crippen LogP contribution in [0.1, 0.15) is 13.8 Å². The van der Waals surface area contributed by atoms with Gasteiger partial charge in [-0.05, 0) is 25.0 Å². The number of benzene rings is 1. The van der Waals surface area contributed by atoms with E-state index in [-0.39, 0.29) is 6.03 Å². The van der Waals surface area contributed by atoms with Gasteiger partial charge < -0.3 is 10.2 Å². The molecule has 1 aromatic carbocycles. The van der Waals surface area contributed by atoms with E-state index in [1.807, 2.05) is 30.3 Å². The van der Waals surface area contributed by atoms with Crippen LogP contribution in [0.15, 0.2) is 30.3 Å². The van der Waals surface area contributed by atoms with Crippen molar-refractivity contribution in [3.05, 3.63) is 37.3 Å². The predicted octanol–water partition coefficient (Wildman–Crippen LogP) is 3.01. The van der Waals surface area contributed by atoms with Gasteiger partial charge in [-0.15, -0.1) is 0 Å². The Morgan fingerprint density at radius 1 is 1.38 bits per heavy atom. The van der Waals surface area contributed by atoms with Crippen LogP contribution in [0.4, 0.5) is 10.5 Å². The molecular weight excluding hydrogens is 200 g/mol. The van der Waals surface area contributed by atoms with Crippen LogP contribution in [0.25, 0.3) is 0 Å². The molecule has 3 heteroatoms. The molecule has 0 bridgehead atoms. The fourth-order valence-corrected chi connectivity index (χ4v) is 1.44. The normalized spacial score (nSPS) is 10.2. The number of hydrogen-bond acceptors (Lipinski definition) is 1. The maximum absolute atomic E-state index is 11.9. The highest BCUT2D eigenvalue weighted by Crippen LogP contribution is 2.07. The van der Waals surface area contributed by atoms with E-state index in [0.29, 0.717) is 12.5 Å². The fourth-order valence-electron chi connectivity index (χ4n) is 1.44. The SMILES string of the molecule is [CH2]CN(CC(C)C)C(=O)Nc1ccccc1. The molecule has 87 valence electrons. The topological polar surface area (TPSA) is 32.3 Å². The Labute approximate surface area is 97.5 Å². The lowest BCUT2D eigenvalue weighted by molar-refractivity contribution is 0.210. The van der Waals surface area contributed by atoms with Crippen LogP contribution >= 0.6 is 0 Å². The summed E-state index contributed by atoms with van der Waals surface area (Å²) in [6.45, 7) is 9.14. The van der Waals surface area contributed by atoms with E-state index in [4.69, 9.17) is 0 Å². The summed E-state index contributed by atoms with van der Waals surface area (Å²) in [5.74, 6) is 0.447. The Morgan fingerprint density at radius 2 is 2.00 bits per heavy atom. The Kier molecular flexibility index (Phi) is 4.83. The number of urea groups is 1.